The van der Waals surface area contributed by atoms with Crippen molar-refractivity contribution < 1.29 is 49.2 Å². The molecule has 40 heavy (non-hydrogen) atoms. The third-order valence-electron chi connectivity index (χ3n) is 5.61. The van der Waals surface area contributed by atoms with Crippen LogP contribution < -0.4 is 21.7 Å². The van der Waals surface area contributed by atoms with E-state index in [0.717, 1.165) is 0 Å². The fraction of sp³-hybridized carbons (Fsp3) is 0.375. The topological polar surface area (TPSA) is 274 Å². The molecule has 16 nitrogen and oxygen atoms in total. The average molecular weight is 563 g/mol. The number of nitrogens with one attached hydrogen (secondary N) is 4. The number of H-pyrrole nitrogens is 1. The Balaban J connectivity index is 2.25. The number of aliphatic carboxylic acids is 3. The Kier molecular flexibility index (Phi) is 11.6. The first-order valence-corrected chi connectivity index (χ1v) is 11.9. The minimum Gasteiger partial charge on any atom is -0.508 e. The second-order valence-electron chi connectivity index (χ2n) is 8.81. The van der Waals surface area contributed by atoms with E-state index in [1.807, 2.05) is 5.32 Å². The van der Waals surface area contributed by atoms with E-state index >= 15 is 0 Å². The van der Waals surface area contributed by atoms with Gasteiger partial charge in [0.2, 0.25) is 17.7 Å². The van der Waals surface area contributed by atoms with Gasteiger partial charge in [-0.1, -0.05) is 12.1 Å². The van der Waals surface area contributed by atoms with E-state index in [2.05, 4.69) is 20.6 Å². The maximum absolute atomic E-state index is 13.3. The van der Waals surface area contributed by atoms with Crippen molar-refractivity contribution in [2.24, 2.45) is 5.73 Å². The molecule has 4 unspecified atom stereocenters. The number of nitrogens with two attached hydrogens (primary N) is 1. The lowest BCUT2D eigenvalue weighted by Crippen LogP contribution is -2.58. The van der Waals surface area contributed by atoms with Crippen molar-refractivity contribution in [3.05, 3.63) is 48.0 Å². The number of phenols is 1. The van der Waals surface area contributed by atoms with Crippen molar-refractivity contribution in [2.75, 3.05) is 0 Å². The number of carboxylic acid groups (broad SMARTS) is 3. The van der Waals surface area contributed by atoms with E-state index in [1.165, 1.54) is 36.8 Å². The smallest absolute Gasteiger partial charge is 0.326 e. The van der Waals surface area contributed by atoms with Crippen LogP contribution in [0, 0.1) is 0 Å². The van der Waals surface area contributed by atoms with Gasteiger partial charge >= 0.3 is 17.9 Å². The normalized spacial score (nSPS) is 13.7. The number of carbonyl (C=O) groups is 6. The molecule has 0 aliphatic heterocycles. The molecule has 2 rings (SSSR count). The predicted molar refractivity (Wildman–Crippen MR) is 135 cm³/mol. The number of hydrogen-bond donors (Lipinski definition) is 9. The first-order chi connectivity index (χ1) is 18.8. The SMILES string of the molecule is NC(Cc1cnc[nH]1)C(=O)NC(Cc1ccc(O)cc1)C(=O)NC(CCC(=O)O)C(=O)NC(CC(=O)O)C(=O)O. The van der Waals surface area contributed by atoms with Gasteiger partial charge in [-0.25, -0.2) is 9.78 Å². The lowest BCUT2D eigenvalue weighted by Gasteiger charge is -2.25. The number of aromatic amines is 1. The highest BCUT2D eigenvalue weighted by Gasteiger charge is 2.31. The third-order valence-corrected chi connectivity index (χ3v) is 5.61. The van der Waals surface area contributed by atoms with E-state index in [-0.39, 0.29) is 18.6 Å². The third kappa shape index (κ3) is 10.4. The zero-order valence-electron chi connectivity index (χ0n) is 21.1. The van der Waals surface area contributed by atoms with Crippen LogP contribution in [0.2, 0.25) is 0 Å². The lowest BCUT2D eigenvalue weighted by molar-refractivity contribution is -0.147. The van der Waals surface area contributed by atoms with Crippen LogP contribution in [-0.4, -0.2) is 90.2 Å². The summed E-state index contributed by atoms with van der Waals surface area (Å²) in [7, 11) is 0. The summed E-state index contributed by atoms with van der Waals surface area (Å²) in [6.07, 6.45) is 0.768. The molecule has 0 spiro atoms. The summed E-state index contributed by atoms with van der Waals surface area (Å²) in [6, 6.07) is -0.178. The average Bonchev–Trinajstić information content (AvgIpc) is 3.39. The van der Waals surface area contributed by atoms with Crippen LogP contribution in [0.5, 0.6) is 5.75 Å². The number of aromatic hydroxyl groups is 1. The van der Waals surface area contributed by atoms with Gasteiger partial charge in [0.1, 0.15) is 23.9 Å². The van der Waals surface area contributed by atoms with E-state index < -0.39 is 79.1 Å². The molecule has 0 aliphatic carbocycles. The highest BCUT2D eigenvalue weighted by Crippen LogP contribution is 2.12. The van der Waals surface area contributed by atoms with Crippen molar-refractivity contribution in [3.8, 4) is 5.75 Å². The van der Waals surface area contributed by atoms with Crippen LogP contribution in [-0.2, 0) is 41.6 Å². The van der Waals surface area contributed by atoms with E-state index in [0.29, 0.717) is 11.3 Å². The number of benzene rings is 1. The largest absolute Gasteiger partial charge is 0.508 e. The molecule has 16 heteroatoms. The van der Waals surface area contributed by atoms with Crippen LogP contribution in [0.3, 0.4) is 0 Å². The first-order valence-electron chi connectivity index (χ1n) is 11.9. The number of phenolic OH excluding ortho intramolecular Hbond substituents is 1. The molecule has 0 bridgehead atoms. The van der Waals surface area contributed by atoms with Gasteiger partial charge in [0.25, 0.3) is 0 Å². The highest BCUT2D eigenvalue weighted by molar-refractivity contribution is 5.95. The molecule has 216 valence electrons. The summed E-state index contributed by atoms with van der Waals surface area (Å²) in [4.78, 5) is 79.0. The molecule has 4 atom stereocenters. The number of rotatable bonds is 16. The van der Waals surface area contributed by atoms with Gasteiger partial charge < -0.3 is 47.1 Å². The van der Waals surface area contributed by atoms with Gasteiger partial charge in [-0.2, -0.15) is 0 Å². The molecular weight excluding hydrogens is 532 g/mol. The van der Waals surface area contributed by atoms with Crippen molar-refractivity contribution in [1.29, 1.82) is 0 Å². The lowest BCUT2D eigenvalue weighted by atomic mass is 10.0. The standard InChI is InChI=1S/C24H30N6O10/c25-15(8-13-10-26-11-27-13)21(36)29-17(7-12-1-3-14(31)4-2-12)23(38)28-16(5-6-19(32)33)22(37)30-18(24(39)40)9-20(34)35/h1-4,10-11,15-18,31H,5-9,25H2,(H,26,27)(H,28,38)(H,29,36)(H,30,37)(H,32,33)(H,34,35)(H,39,40). The molecule has 0 saturated heterocycles. The first kappa shape index (κ1) is 31.2. The zero-order chi connectivity index (χ0) is 29.8. The monoisotopic (exact) mass is 562 g/mol. The number of amides is 3. The molecule has 0 fully saturated rings. The van der Waals surface area contributed by atoms with E-state index in [1.54, 1.807) is 0 Å². The highest BCUT2D eigenvalue weighted by atomic mass is 16.4. The van der Waals surface area contributed by atoms with Gasteiger partial charge in [-0.15, -0.1) is 0 Å². The molecule has 0 aliphatic rings. The van der Waals surface area contributed by atoms with Gasteiger partial charge in [0.05, 0.1) is 18.8 Å². The van der Waals surface area contributed by atoms with Crippen LogP contribution >= 0.6 is 0 Å². The molecule has 10 N–H and O–H groups in total. The van der Waals surface area contributed by atoms with Crippen molar-refractivity contribution >= 4 is 35.6 Å². The molecule has 3 amide bonds. The van der Waals surface area contributed by atoms with Crippen molar-refractivity contribution in [2.45, 2.75) is 56.3 Å². The summed E-state index contributed by atoms with van der Waals surface area (Å²) >= 11 is 0. The minimum absolute atomic E-state index is 0.0462. The summed E-state index contributed by atoms with van der Waals surface area (Å²) in [6.45, 7) is 0. The quantitative estimate of drug-likeness (QED) is 0.109. The Morgan fingerprint density at radius 2 is 1.43 bits per heavy atom. The molecular formula is C24H30N6O10. The van der Waals surface area contributed by atoms with E-state index in [4.69, 9.17) is 15.9 Å². The Labute approximate surface area is 227 Å². The van der Waals surface area contributed by atoms with Crippen molar-refractivity contribution in [1.82, 2.24) is 25.9 Å². The van der Waals surface area contributed by atoms with Gasteiger partial charge in [-0.05, 0) is 24.1 Å². The number of carbonyl (C=O) groups excluding carboxylic acids is 3. The van der Waals surface area contributed by atoms with E-state index in [9.17, 15) is 39.0 Å². The molecule has 0 radical (unpaired) electrons. The Hall–Kier alpha value is -4.99. The number of nitrogens with zero attached hydrogens (tertiary/aromatic N) is 1. The molecule has 1 aromatic heterocycles. The number of carboxylic acids is 3. The number of hydrogen-bond acceptors (Lipinski definition) is 9. The Morgan fingerprint density at radius 1 is 0.825 bits per heavy atom. The van der Waals surface area contributed by atoms with Crippen molar-refractivity contribution in [3.63, 3.8) is 0 Å². The zero-order valence-corrected chi connectivity index (χ0v) is 21.1. The fourth-order valence-corrected chi connectivity index (χ4v) is 3.54. The molecule has 2 aromatic rings. The molecule has 0 saturated carbocycles. The second kappa shape index (κ2) is 14.8. The Bertz CT molecular complexity index is 1200. The predicted octanol–water partition coefficient (Wildman–Crippen LogP) is -1.89. The maximum atomic E-state index is 13.3. The summed E-state index contributed by atoms with van der Waals surface area (Å²) in [5.74, 6) is -7.31. The summed E-state index contributed by atoms with van der Waals surface area (Å²) in [5, 5.41) is 43.5. The molecule has 1 aromatic carbocycles. The van der Waals surface area contributed by atoms with Crippen LogP contribution in [0.15, 0.2) is 36.8 Å². The van der Waals surface area contributed by atoms with Gasteiger partial charge in [0, 0.05) is 31.2 Å². The fourth-order valence-electron chi connectivity index (χ4n) is 3.54. The second-order valence-corrected chi connectivity index (χ2v) is 8.81. The summed E-state index contributed by atoms with van der Waals surface area (Å²) < 4.78 is 0. The van der Waals surface area contributed by atoms with Crippen LogP contribution in [0.25, 0.3) is 0 Å². The summed E-state index contributed by atoms with van der Waals surface area (Å²) in [5.41, 5.74) is 7.02. The van der Waals surface area contributed by atoms with Crippen LogP contribution in [0.1, 0.15) is 30.5 Å². The Morgan fingerprint density at radius 3 is 1.98 bits per heavy atom. The minimum atomic E-state index is -1.85. The van der Waals surface area contributed by atoms with Crippen LogP contribution in [0.4, 0.5) is 0 Å². The molecule has 1 heterocycles. The number of imidazole rings is 1. The maximum Gasteiger partial charge on any atom is 0.326 e. The van der Waals surface area contributed by atoms with Gasteiger partial charge in [0.15, 0.2) is 0 Å². The van der Waals surface area contributed by atoms with Gasteiger partial charge in [-0.3, -0.25) is 24.0 Å². The number of aromatic nitrogens is 2.